The summed E-state index contributed by atoms with van der Waals surface area (Å²) in [6, 6.07) is 10.5. The first-order valence-corrected chi connectivity index (χ1v) is 4.54. The lowest BCUT2D eigenvalue weighted by Crippen LogP contribution is -1.82. The zero-order chi connectivity index (χ0) is 8.65. The maximum atomic E-state index is 3.82. The molecule has 0 saturated heterocycles. The zero-order valence-electron chi connectivity index (χ0n) is 6.96. The Morgan fingerprint density at radius 3 is 2.58 bits per heavy atom. The molecule has 1 heteroatoms. The highest BCUT2D eigenvalue weighted by atomic mass is 32.1. The Labute approximate surface area is 79.4 Å². The molecule has 1 aromatic carbocycles. The number of unbranched alkanes of at least 4 members (excludes halogenated alkanes) is 1. The summed E-state index contributed by atoms with van der Waals surface area (Å²) in [4.78, 5) is 0. The first kappa shape index (κ1) is 9.22. The molecule has 0 fully saturated rings. The number of rotatable bonds is 3. The quantitative estimate of drug-likeness (QED) is 0.408. The fraction of sp³-hybridized carbons (Fsp3) is 0.273. The maximum Gasteiger partial charge on any atom is 0.0101 e. The molecule has 0 aliphatic heterocycles. The lowest BCUT2D eigenvalue weighted by molar-refractivity contribution is 0.858. The maximum absolute atomic E-state index is 3.82. The van der Waals surface area contributed by atoms with Crippen LogP contribution in [0.2, 0.25) is 0 Å². The summed E-state index contributed by atoms with van der Waals surface area (Å²) in [7, 11) is 0. The number of hydrogen-bond donors (Lipinski definition) is 1. The summed E-state index contributed by atoms with van der Waals surface area (Å²) in [5.74, 6) is 2.93. The standard InChI is InChI=1S/C11H12S/c12-10-6-2-5-9-11-7-3-1-4-8-11/h1,3-4,7-8,12H,2,5,9H2. The SMILES string of the molecule is SC#CCCCc1ccccc1. The van der Waals surface area contributed by atoms with Gasteiger partial charge in [-0.1, -0.05) is 48.9 Å². The number of benzene rings is 1. The monoisotopic (exact) mass is 176 g/mol. The van der Waals surface area contributed by atoms with Crippen LogP contribution in [0, 0.1) is 11.2 Å². The van der Waals surface area contributed by atoms with Crippen molar-refractivity contribution in [3.63, 3.8) is 0 Å². The van der Waals surface area contributed by atoms with E-state index in [0.717, 1.165) is 19.3 Å². The van der Waals surface area contributed by atoms with Gasteiger partial charge in [0.15, 0.2) is 0 Å². The van der Waals surface area contributed by atoms with Crippen LogP contribution < -0.4 is 0 Å². The molecular weight excluding hydrogens is 164 g/mol. The second-order valence-electron chi connectivity index (χ2n) is 2.63. The van der Waals surface area contributed by atoms with Crippen LogP contribution in [0.3, 0.4) is 0 Å². The minimum Gasteiger partial charge on any atom is -0.0922 e. The molecule has 1 rings (SSSR count). The highest BCUT2D eigenvalue weighted by Gasteiger charge is 1.88. The summed E-state index contributed by atoms with van der Waals surface area (Å²) in [5, 5.41) is 2.60. The average Bonchev–Trinajstić information content (AvgIpc) is 2.14. The fourth-order valence-corrected chi connectivity index (χ4v) is 1.19. The van der Waals surface area contributed by atoms with Gasteiger partial charge in [0.25, 0.3) is 0 Å². The van der Waals surface area contributed by atoms with Gasteiger partial charge in [-0.05, 0) is 23.7 Å². The molecule has 0 saturated carbocycles. The molecule has 0 spiro atoms. The minimum atomic E-state index is 0.943. The molecule has 0 aromatic heterocycles. The van der Waals surface area contributed by atoms with Crippen molar-refractivity contribution in [1.82, 2.24) is 0 Å². The van der Waals surface area contributed by atoms with Crippen molar-refractivity contribution in [3.8, 4) is 11.2 Å². The topological polar surface area (TPSA) is 0 Å². The van der Waals surface area contributed by atoms with Gasteiger partial charge in [-0.25, -0.2) is 0 Å². The molecule has 1 aromatic rings. The van der Waals surface area contributed by atoms with Crippen LogP contribution in [-0.2, 0) is 6.42 Å². The first-order valence-electron chi connectivity index (χ1n) is 4.09. The van der Waals surface area contributed by atoms with Gasteiger partial charge in [0.1, 0.15) is 0 Å². The van der Waals surface area contributed by atoms with E-state index in [1.807, 2.05) is 6.07 Å². The predicted octanol–water partition coefficient (Wildman–Crippen LogP) is 2.90. The lowest BCUT2D eigenvalue weighted by Gasteiger charge is -1.96. The van der Waals surface area contributed by atoms with Crippen molar-refractivity contribution in [3.05, 3.63) is 35.9 Å². The van der Waals surface area contributed by atoms with Crippen molar-refractivity contribution in [2.75, 3.05) is 0 Å². The van der Waals surface area contributed by atoms with Crippen LogP contribution in [0.1, 0.15) is 18.4 Å². The van der Waals surface area contributed by atoms with Gasteiger partial charge >= 0.3 is 0 Å². The molecule has 0 aliphatic carbocycles. The Bertz CT molecular complexity index is 266. The van der Waals surface area contributed by atoms with Gasteiger partial charge in [-0.3, -0.25) is 0 Å². The van der Waals surface area contributed by atoms with Crippen molar-refractivity contribution < 1.29 is 0 Å². The van der Waals surface area contributed by atoms with Crippen molar-refractivity contribution in [2.45, 2.75) is 19.3 Å². The molecule has 0 radical (unpaired) electrons. The Kier molecular flexibility index (Phi) is 4.41. The summed E-state index contributed by atoms with van der Waals surface area (Å²) in [5.41, 5.74) is 1.39. The van der Waals surface area contributed by atoms with E-state index in [2.05, 4.69) is 48.1 Å². The Morgan fingerprint density at radius 2 is 1.92 bits per heavy atom. The smallest absolute Gasteiger partial charge is 0.0101 e. The second-order valence-corrected chi connectivity index (χ2v) is 2.85. The molecule has 0 unspecified atom stereocenters. The van der Waals surface area contributed by atoms with Crippen molar-refractivity contribution in [2.24, 2.45) is 0 Å². The Morgan fingerprint density at radius 1 is 1.17 bits per heavy atom. The summed E-state index contributed by atoms with van der Waals surface area (Å²) >= 11 is 3.82. The number of hydrogen-bond acceptors (Lipinski definition) is 1. The Hall–Kier alpha value is -0.870. The summed E-state index contributed by atoms with van der Waals surface area (Å²) in [6.07, 6.45) is 3.18. The highest BCUT2D eigenvalue weighted by molar-refractivity contribution is 7.85. The van der Waals surface area contributed by atoms with Crippen molar-refractivity contribution in [1.29, 1.82) is 0 Å². The molecule has 0 N–H and O–H groups in total. The highest BCUT2D eigenvalue weighted by Crippen LogP contribution is 2.03. The third kappa shape index (κ3) is 3.50. The predicted molar refractivity (Wildman–Crippen MR) is 56.1 cm³/mol. The third-order valence-corrected chi connectivity index (χ3v) is 1.85. The number of aryl methyl sites for hydroxylation is 1. The van der Waals surface area contributed by atoms with Crippen LogP contribution in [-0.4, -0.2) is 0 Å². The second kappa shape index (κ2) is 5.74. The van der Waals surface area contributed by atoms with Gasteiger partial charge in [0, 0.05) is 6.42 Å². The number of thiol groups is 1. The molecule has 0 heterocycles. The fourth-order valence-electron chi connectivity index (χ4n) is 1.08. The van der Waals surface area contributed by atoms with E-state index in [1.54, 1.807) is 0 Å². The van der Waals surface area contributed by atoms with E-state index in [0.29, 0.717) is 0 Å². The molecular formula is C11H12S. The zero-order valence-corrected chi connectivity index (χ0v) is 7.85. The van der Waals surface area contributed by atoms with Crippen LogP contribution in [0.4, 0.5) is 0 Å². The molecule has 12 heavy (non-hydrogen) atoms. The van der Waals surface area contributed by atoms with E-state index in [1.165, 1.54) is 5.56 Å². The van der Waals surface area contributed by atoms with Gasteiger partial charge in [0.2, 0.25) is 0 Å². The molecule has 62 valence electrons. The third-order valence-electron chi connectivity index (χ3n) is 1.69. The molecule has 0 nitrogen and oxygen atoms in total. The van der Waals surface area contributed by atoms with Gasteiger partial charge in [0.05, 0.1) is 0 Å². The lowest BCUT2D eigenvalue weighted by atomic mass is 10.1. The van der Waals surface area contributed by atoms with E-state index < -0.39 is 0 Å². The van der Waals surface area contributed by atoms with Gasteiger partial charge in [-0.2, -0.15) is 0 Å². The largest absolute Gasteiger partial charge is 0.0922 e. The molecule has 0 amide bonds. The normalized spacial score (nSPS) is 8.75. The van der Waals surface area contributed by atoms with Crippen LogP contribution >= 0.6 is 12.6 Å². The van der Waals surface area contributed by atoms with E-state index >= 15 is 0 Å². The molecule has 0 aliphatic rings. The summed E-state index contributed by atoms with van der Waals surface area (Å²) < 4.78 is 0. The minimum absolute atomic E-state index is 0.943. The van der Waals surface area contributed by atoms with E-state index in [9.17, 15) is 0 Å². The van der Waals surface area contributed by atoms with Crippen LogP contribution in [0.5, 0.6) is 0 Å². The van der Waals surface area contributed by atoms with Crippen LogP contribution in [0.25, 0.3) is 0 Å². The Balaban J connectivity index is 2.27. The molecule has 0 atom stereocenters. The average molecular weight is 176 g/mol. The van der Waals surface area contributed by atoms with Crippen molar-refractivity contribution >= 4 is 12.6 Å². The van der Waals surface area contributed by atoms with Gasteiger partial charge in [-0.15, -0.1) is 0 Å². The summed E-state index contributed by atoms with van der Waals surface area (Å²) in [6.45, 7) is 0. The van der Waals surface area contributed by atoms with E-state index in [4.69, 9.17) is 0 Å². The van der Waals surface area contributed by atoms with E-state index in [-0.39, 0.29) is 0 Å². The molecule has 0 bridgehead atoms. The van der Waals surface area contributed by atoms with Gasteiger partial charge < -0.3 is 0 Å². The first-order chi connectivity index (χ1) is 5.93. The van der Waals surface area contributed by atoms with Crippen LogP contribution in [0.15, 0.2) is 30.3 Å².